The van der Waals surface area contributed by atoms with Crippen LogP contribution in [-0.2, 0) is 11.3 Å². The molecular weight excluding hydrogens is 334 g/mol. The Balaban J connectivity index is 1.97. The number of nitrogens with one attached hydrogen (secondary N) is 2. The van der Waals surface area contributed by atoms with Gasteiger partial charge in [0, 0.05) is 11.6 Å². The number of methoxy groups -OCH3 is 1. The van der Waals surface area contributed by atoms with Crippen LogP contribution in [0.25, 0.3) is 0 Å². The number of nitrogens with zero attached hydrogens (tertiary/aromatic N) is 3. The Labute approximate surface area is 153 Å². The van der Waals surface area contributed by atoms with Crippen molar-refractivity contribution in [3.05, 3.63) is 42.5 Å². The molecule has 2 aromatic rings. The van der Waals surface area contributed by atoms with Crippen molar-refractivity contribution in [3.8, 4) is 5.75 Å². The summed E-state index contributed by atoms with van der Waals surface area (Å²) < 4.78 is 6.73. The van der Waals surface area contributed by atoms with Crippen molar-refractivity contribution in [3.63, 3.8) is 0 Å². The largest absolute Gasteiger partial charge is 0.497 e. The fourth-order valence-corrected chi connectivity index (χ4v) is 2.49. The first-order valence-electron chi connectivity index (χ1n) is 8.48. The second-order valence-electron chi connectivity index (χ2n) is 6.45. The molecule has 0 fully saturated rings. The Morgan fingerprint density at radius 1 is 1.15 bits per heavy atom. The van der Waals surface area contributed by atoms with Crippen LogP contribution in [0.4, 0.5) is 0 Å². The van der Waals surface area contributed by atoms with E-state index >= 15 is 0 Å². The van der Waals surface area contributed by atoms with E-state index < -0.39 is 6.04 Å². The molecular formula is C18H25N5O3. The van der Waals surface area contributed by atoms with Gasteiger partial charge in [0.1, 0.15) is 24.4 Å². The maximum atomic E-state index is 12.6. The average molecular weight is 359 g/mol. The van der Waals surface area contributed by atoms with E-state index in [0.717, 1.165) is 0 Å². The van der Waals surface area contributed by atoms with Gasteiger partial charge in [-0.05, 0) is 37.1 Å². The van der Waals surface area contributed by atoms with Crippen LogP contribution in [-0.4, -0.2) is 45.8 Å². The lowest BCUT2D eigenvalue weighted by molar-refractivity contribution is -0.124. The zero-order valence-corrected chi connectivity index (χ0v) is 15.5. The van der Waals surface area contributed by atoms with Crippen molar-refractivity contribution in [2.75, 3.05) is 7.11 Å². The minimum Gasteiger partial charge on any atom is -0.497 e. The Morgan fingerprint density at radius 3 is 2.38 bits per heavy atom. The number of hydrogen-bond donors (Lipinski definition) is 2. The molecule has 0 aliphatic heterocycles. The molecule has 2 atom stereocenters. The molecule has 26 heavy (non-hydrogen) atoms. The van der Waals surface area contributed by atoms with E-state index in [0.29, 0.717) is 17.9 Å². The van der Waals surface area contributed by atoms with Crippen LogP contribution in [0, 0.1) is 5.92 Å². The van der Waals surface area contributed by atoms with Gasteiger partial charge in [0.25, 0.3) is 5.91 Å². The molecule has 0 saturated heterocycles. The van der Waals surface area contributed by atoms with Crippen LogP contribution in [0.3, 0.4) is 0 Å². The van der Waals surface area contributed by atoms with Crippen molar-refractivity contribution in [2.45, 2.75) is 39.4 Å². The molecule has 0 aliphatic rings. The Kier molecular flexibility index (Phi) is 6.71. The molecule has 8 heteroatoms. The highest BCUT2D eigenvalue weighted by atomic mass is 16.5. The molecule has 0 saturated carbocycles. The molecule has 1 heterocycles. The second-order valence-corrected chi connectivity index (χ2v) is 6.45. The van der Waals surface area contributed by atoms with Gasteiger partial charge in [-0.1, -0.05) is 13.8 Å². The number of carbonyl (C=O) groups is 2. The van der Waals surface area contributed by atoms with Crippen molar-refractivity contribution in [1.82, 2.24) is 25.4 Å². The Bertz CT molecular complexity index is 713. The Morgan fingerprint density at radius 2 is 1.85 bits per heavy atom. The lowest BCUT2D eigenvalue weighted by Gasteiger charge is -2.24. The van der Waals surface area contributed by atoms with Crippen molar-refractivity contribution >= 4 is 11.8 Å². The summed E-state index contributed by atoms with van der Waals surface area (Å²) in [4.78, 5) is 28.9. The normalized spacial score (nSPS) is 13.1. The first kappa shape index (κ1) is 19.4. The van der Waals surface area contributed by atoms with Crippen molar-refractivity contribution in [2.24, 2.45) is 5.92 Å². The molecule has 1 aromatic heterocycles. The first-order valence-corrected chi connectivity index (χ1v) is 8.48. The summed E-state index contributed by atoms with van der Waals surface area (Å²) in [5.74, 6) is 0.0808. The van der Waals surface area contributed by atoms with Crippen LogP contribution < -0.4 is 15.4 Å². The predicted octanol–water partition coefficient (Wildman–Crippen LogP) is 1.25. The molecule has 140 valence electrons. The monoisotopic (exact) mass is 359 g/mol. The van der Waals surface area contributed by atoms with Gasteiger partial charge < -0.3 is 15.4 Å². The SMILES string of the molecule is COc1ccc(C(=O)NC(C(=O)NC(C)Cn2cncn2)C(C)C)cc1. The summed E-state index contributed by atoms with van der Waals surface area (Å²) in [7, 11) is 1.56. The molecule has 2 rings (SSSR count). The topological polar surface area (TPSA) is 98.1 Å². The summed E-state index contributed by atoms with van der Waals surface area (Å²) in [5.41, 5.74) is 0.472. The minimum absolute atomic E-state index is 0.0595. The Hall–Kier alpha value is -2.90. The van der Waals surface area contributed by atoms with Gasteiger partial charge in [-0.2, -0.15) is 5.10 Å². The van der Waals surface area contributed by atoms with Gasteiger partial charge in [0.2, 0.25) is 5.91 Å². The molecule has 8 nitrogen and oxygen atoms in total. The fourth-order valence-electron chi connectivity index (χ4n) is 2.49. The highest BCUT2D eigenvalue weighted by Gasteiger charge is 2.25. The highest BCUT2D eigenvalue weighted by Crippen LogP contribution is 2.12. The first-order chi connectivity index (χ1) is 12.4. The number of ether oxygens (including phenoxy) is 1. The summed E-state index contributed by atoms with van der Waals surface area (Å²) in [6.07, 6.45) is 3.04. The zero-order valence-electron chi connectivity index (χ0n) is 15.5. The van der Waals surface area contributed by atoms with Gasteiger partial charge in [-0.15, -0.1) is 0 Å². The van der Waals surface area contributed by atoms with E-state index in [1.165, 1.54) is 6.33 Å². The summed E-state index contributed by atoms with van der Waals surface area (Å²) in [6, 6.07) is 5.96. The number of benzene rings is 1. The smallest absolute Gasteiger partial charge is 0.251 e. The zero-order chi connectivity index (χ0) is 19.1. The van der Waals surface area contributed by atoms with Crippen molar-refractivity contribution < 1.29 is 14.3 Å². The third-order valence-corrected chi connectivity index (χ3v) is 3.90. The lowest BCUT2D eigenvalue weighted by atomic mass is 10.0. The van der Waals surface area contributed by atoms with E-state index in [4.69, 9.17) is 4.74 Å². The number of aromatic nitrogens is 3. The molecule has 2 unspecified atom stereocenters. The van der Waals surface area contributed by atoms with Crippen LogP contribution in [0.15, 0.2) is 36.9 Å². The molecule has 0 spiro atoms. The standard InChI is InChI=1S/C18H25N5O3/c1-12(2)16(18(25)21-13(3)9-23-11-19-10-20-23)22-17(24)14-5-7-15(26-4)8-6-14/h5-8,10-13,16H,9H2,1-4H3,(H,21,25)(H,22,24). The third-order valence-electron chi connectivity index (χ3n) is 3.90. The van der Waals surface area contributed by atoms with Crippen LogP contribution in [0.2, 0.25) is 0 Å². The summed E-state index contributed by atoms with van der Waals surface area (Å²) in [6.45, 7) is 6.16. The molecule has 2 N–H and O–H groups in total. The van der Waals surface area contributed by atoms with Crippen LogP contribution in [0.5, 0.6) is 5.75 Å². The van der Waals surface area contributed by atoms with Crippen molar-refractivity contribution in [1.29, 1.82) is 0 Å². The fraction of sp³-hybridized carbons (Fsp3) is 0.444. The molecule has 0 radical (unpaired) electrons. The van der Waals surface area contributed by atoms with E-state index in [1.807, 2.05) is 20.8 Å². The number of carbonyl (C=O) groups excluding carboxylic acids is 2. The predicted molar refractivity (Wildman–Crippen MR) is 96.7 cm³/mol. The maximum absolute atomic E-state index is 12.6. The van der Waals surface area contributed by atoms with Gasteiger partial charge in [0.15, 0.2) is 0 Å². The minimum atomic E-state index is -0.636. The number of hydrogen-bond acceptors (Lipinski definition) is 5. The van der Waals surface area contributed by atoms with Crippen LogP contribution >= 0.6 is 0 Å². The van der Waals surface area contributed by atoms with E-state index in [1.54, 1.807) is 42.4 Å². The van der Waals surface area contributed by atoms with Gasteiger partial charge >= 0.3 is 0 Å². The number of amides is 2. The quantitative estimate of drug-likeness (QED) is 0.739. The van der Waals surface area contributed by atoms with E-state index in [-0.39, 0.29) is 23.8 Å². The molecule has 0 bridgehead atoms. The second kappa shape index (κ2) is 8.98. The van der Waals surface area contributed by atoms with Gasteiger partial charge in [-0.3, -0.25) is 14.3 Å². The van der Waals surface area contributed by atoms with E-state index in [9.17, 15) is 9.59 Å². The van der Waals surface area contributed by atoms with Gasteiger partial charge in [-0.25, -0.2) is 4.98 Å². The molecule has 0 aliphatic carbocycles. The summed E-state index contributed by atoms with van der Waals surface area (Å²) >= 11 is 0. The maximum Gasteiger partial charge on any atom is 0.251 e. The average Bonchev–Trinajstić information content (AvgIpc) is 3.11. The molecule has 1 aromatic carbocycles. The third kappa shape index (κ3) is 5.30. The highest BCUT2D eigenvalue weighted by molar-refractivity contribution is 5.97. The van der Waals surface area contributed by atoms with Gasteiger partial charge in [0.05, 0.1) is 13.7 Å². The lowest BCUT2D eigenvalue weighted by Crippen LogP contribution is -2.52. The molecule has 2 amide bonds. The summed E-state index contributed by atoms with van der Waals surface area (Å²) in [5, 5.41) is 9.74. The number of rotatable bonds is 8. The van der Waals surface area contributed by atoms with E-state index in [2.05, 4.69) is 20.7 Å². The van der Waals surface area contributed by atoms with Crippen LogP contribution in [0.1, 0.15) is 31.1 Å².